The van der Waals surface area contributed by atoms with E-state index in [4.69, 9.17) is 21.4 Å². The SMILES string of the molecule is O=C(O)CO[C@H]1CCC(=O)N(Cc2ccccc2)[C@@H]1c1ccc(Cl)cc1. The van der Waals surface area contributed by atoms with E-state index in [1.165, 1.54) is 0 Å². The van der Waals surface area contributed by atoms with Crippen molar-refractivity contribution in [1.29, 1.82) is 0 Å². The van der Waals surface area contributed by atoms with E-state index in [2.05, 4.69) is 0 Å². The number of likely N-dealkylation sites (tertiary alicyclic amines) is 1. The predicted molar refractivity (Wildman–Crippen MR) is 97.8 cm³/mol. The summed E-state index contributed by atoms with van der Waals surface area (Å²) < 4.78 is 5.63. The van der Waals surface area contributed by atoms with E-state index in [9.17, 15) is 9.59 Å². The number of hydrogen-bond donors (Lipinski definition) is 1. The van der Waals surface area contributed by atoms with Gasteiger partial charge in [-0.1, -0.05) is 54.1 Å². The number of aliphatic carboxylic acids is 1. The fourth-order valence-electron chi connectivity index (χ4n) is 3.30. The summed E-state index contributed by atoms with van der Waals surface area (Å²) in [5.41, 5.74) is 1.90. The van der Waals surface area contributed by atoms with Crippen LogP contribution in [0, 0.1) is 0 Å². The van der Waals surface area contributed by atoms with E-state index in [0.29, 0.717) is 24.4 Å². The Labute approximate surface area is 157 Å². The second kappa shape index (κ2) is 8.34. The third-order valence-electron chi connectivity index (χ3n) is 4.48. The minimum Gasteiger partial charge on any atom is -0.480 e. The summed E-state index contributed by atoms with van der Waals surface area (Å²) in [4.78, 5) is 25.4. The van der Waals surface area contributed by atoms with Crippen LogP contribution in [-0.2, 0) is 20.9 Å². The van der Waals surface area contributed by atoms with Gasteiger partial charge in [0.25, 0.3) is 0 Å². The van der Waals surface area contributed by atoms with Crippen LogP contribution in [0.2, 0.25) is 5.02 Å². The molecule has 2 aromatic rings. The molecule has 26 heavy (non-hydrogen) atoms. The lowest BCUT2D eigenvalue weighted by Gasteiger charge is -2.41. The van der Waals surface area contributed by atoms with Gasteiger partial charge in [-0.15, -0.1) is 0 Å². The van der Waals surface area contributed by atoms with E-state index in [0.717, 1.165) is 11.1 Å². The molecule has 0 saturated carbocycles. The molecule has 0 bridgehead atoms. The number of rotatable bonds is 6. The molecule has 0 unspecified atom stereocenters. The summed E-state index contributed by atoms with van der Waals surface area (Å²) in [5, 5.41) is 9.57. The third kappa shape index (κ3) is 4.42. The smallest absolute Gasteiger partial charge is 0.329 e. The molecule has 5 nitrogen and oxygen atoms in total. The number of carboxylic acids is 1. The van der Waals surface area contributed by atoms with Gasteiger partial charge in [-0.2, -0.15) is 0 Å². The van der Waals surface area contributed by atoms with E-state index >= 15 is 0 Å². The van der Waals surface area contributed by atoms with Crippen molar-refractivity contribution >= 4 is 23.5 Å². The normalized spacial score (nSPS) is 20.2. The number of carbonyl (C=O) groups excluding carboxylic acids is 1. The molecule has 1 fully saturated rings. The molecular weight excluding hydrogens is 354 g/mol. The highest BCUT2D eigenvalue weighted by atomic mass is 35.5. The molecule has 0 radical (unpaired) electrons. The highest BCUT2D eigenvalue weighted by molar-refractivity contribution is 6.30. The first-order valence-electron chi connectivity index (χ1n) is 8.47. The van der Waals surface area contributed by atoms with Crippen molar-refractivity contribution in [2.24, 2.45) is 0 Å². The summed E-state index contributed by atoms with van der Waals surface area (Å²) in [7, 11) is 0. The molecule has 6 heteroatoms. The van der Waals surface area contributed by atoms with Crippen LogP contribution in [0.3, 0.4) is 0 Å². The van der Waals surface area contributed by atoms with Crippen molar-refractivity contribution in [3.63, 3.8) is 0 Å². The van der Waals surface area contributed by atoms with E-state index < -0.39 is 5.97 Å². The predicted octanol–water partition coefficient (Wildman–Crippen LogP) is 3.67. The van der Waals surface area contributed by atoms with Crippen molar-refractivity contribution in [3.05, 3.63) is 70.7 Å². The molecule has 0 aliphatic carbocycles. The average molecular weight is 374 g/mol. The number of halogens is 1. The molecule has 2 atom stereocenters. The lowest BCUT2D eigenvalue weighted by molar-refractivity contribution is -0.154. The number of nitrogens with zero attached hydrogens (tertiary/aromatic N) is 1. The fraction of sp³-hybridized carbons (Fsp3) is 0.300. The Bertz CT molecular complexity index is 763. The number of ether oxygens (including phenoxy) is 1. The standard InChI is InChI=1S/C20H20ClNO4/c21-16-8-6-15(7-9-16)20-17(26-13-19(24)25)10-11-18(23)22(20)12-14-4-2-1-3-5-14/h1-9,17,20H,10-13H2,(H,24,25)/t17-,20+/m0/s1. The number of carbonyl (C=O) groups is 2. The van der Waals surface area contributed by atoms with Crippen molar-refractivity contribution in [2.75, 3.05) is 6.61 Å². The van der Waals surface area contributed by atoms with Gasteiger partial charge in [-0.25, -0.2) is 4.79 Å². The van der Waals surface area contributed by atoms with E-state index in [1.807, 2.05) is 42.5 Å². The minimum atomic E-state index is -1.02. The molecule has 2 aromatic carbocycles. The van der Waals surface area contributed by atoms with Gasteiger partial charge in [-0.3, -0.25) is 4.79 Å². The van der Waals surface area contributed by atoms with Crippen molar-refractivity contribution in [2.45, 2.75) is 31.5 Å². The largest absolute Gasteiger partial charge is 0.480 e. The van der Waals surface area contributed by atoms with Crippen LogP contribution in [0.1, 0.15) is 30.0 Å². The summed E-state index contributed by atoms with van der Waals surface area (Å²) in [5.74, 6) is -0.990. The quantitative estimate of drug-likeness (QED) is 0.838. The molecule has 1 heterocycles. The maximum atomic E-state index is 12.7. The maximum Gasteiger partial charge on any atom is 0.329 e. The average Bonchev–Trinajstić information content (AvgIpc) is 2.64. The van der Waals surface area contributed by atoms with Crippen molar-refractivity contribution in [1.82, 2.24) is 4.90 Å². The van der Waals surface area contributed by atoms with Crippen LogP contribution in [0.25, 0.3) is 0 Å². The first kappa shape index (κ1) is 18.4. The molecule has 0 spiro atoms. The molecular formula is C20H20ClNO4. The van der Waals surface area contributed by atoms with Crippen LogP contribution in [0.15, 0.2) is 54.6 Å². The molecule has 1 amide bonds. The van der Waals surface area contributed by atoms with Crippen LogP contribution in [0.4, 0.5) is 0 Å². The topological polar surface area (TPSA) is 66.8 Å². The third-order valence-corrected chi connectivity index (χ3v) is 4.73. The Morgan fingerprint density at radius 3 is 2.50 bits per heavy atom. The Kier molecular flexibility index (Phi) is 5.91. The maximum absolute atomic E-state index is 12.7. The van der Waals surface area contributed by atoms with Crippen LogP contribution in [-0.4, -0.2) is 34.6 Å². The molecule has 1 N–H and O–H groups in total. The van der Waals surface area contributed by atoms with Gasteiger partial charge in [0.05, 0.1) is 12.1 Å². The zero-order valence-corrected chi connectivity index (χ0v) is 14.9. The summed E-state index contributed by atoms with van der Waals surface area (Å²) in [6, 6.07) is 16.6. The van der Waals surface area contributed by atoms with Crippen LogP contribution in [0.5, 0.6) is 0 Å². The zero-order chi connectivity index (χ0) is 18.5. The Morgan fingerprint density at radius 2 is 1.85 bits per heavy atom. The number of carboxylic acid groups (broad SMARTS) is 1. The summed E-state index contributed by atoms with van der Waals surface area (Å²) in [6.45, 7) is 0.0576. The highest BCUT2D eigenvalue weighted by Gasteiger charge is 2.37. The summed E-state index contributed by atoms with van der Waals surface area (Å²) >= 11 is 6.00. The van der Waals surface area contributed by atoms with Gasteiger partial charge in [0.15, 0.2) is 0 Å². The Hall–Kier alpha value is -2.37. The molecule has 1 saturated heterocycles. The van der Waals surface area contributed by atoms with Gasteiger partial charge in [-0.05, 0) is 29.7 Å². The molecule has 1 aliphatic heterocycles. The first-order chi connectivity index (χ1) is 12.5. The molecule has 3 rings (SSSR count). The monoisotopic (exact) mass is 373 g/mol. The lowest BCUT2D eigenvalue weighted by atomic mass is 9.91. The molecule has 1 aliphatic rings. The Morgan fingerprint density at radius 1 is 1.15 bits per heavy atom. The molecule has 136 valence electrons. The highest BCUT2D eigenvalue weighted by Crippen LogP contribution is 2.35. The molecule has 0 aromatic heterocycles. The number of hydrogen-bond acceptors (Lipinski definition) is 3. The summed E-state index contributed by atoms with van der Waals surface area (Å²) in [6.07, 6.45) is 0.444. The second-order valence-electron chi connectivity index (χ2n) is 6.29. The lowest BCUT2D eigenvalue weighted by Crippen LogP contribution is -2.46. The number of amides is 1. The fourth-order valence-corrected chi connectivity index (χ4v) is 3.42. The van der Waals surface area contributed by atoms with Gasteiger partial charge in [0, 0.05) is 18.0 Å². The van der Waals surface area contributed by atoms with Gasteiger partial charge >= 0.3 is 5.97 Å². The minimum absolute atomic E-state index is 0.0315. The van der Waals surface area contributed by atoms with Crippen LogP contribution < -0.4 is 0 Å². The van der Waals surface area contributed by atoms with Crippen LogP contribution >= 0.6 is 11.6 Å². The van der Waals surface area contributed by atoms with Gasteiger partial charge < -0.3 is 14.7 Å². The van der Waals surface area contributed by atoms with E-state index in [-0.39, 0.29) is 24.7 Å². The number of piperidine rings is 1. The van der Waals surface area contributed by atoms with Gasteiger partial charge in [0.1, 0.15) is 6.61 Å². The van der Waals surface area contributed by atoms with Crippen molar-refractivity contribution in [3.8, 4) is 0 Å². The van der Waals surface area contributed by atoms with Crippen molar-refractivity contribution < 1.29 is 19.4 Å². The first-order valence-corrected chi connectivity index (χ1v) is 8.84. The number of benzene rings is 2. The Balaban J connectivity index is 1.92. The second-order valence-corrected chi connectivity index (χ2v) is 6.72. The zero-order valence-electron chi connectivity index (χ0n) is 14.2. The van der Waals surface area contributed by atoms with Gasteiger partial charge in [0.2, 0.25) is 5.91 Å². The van der Waals surface area contributed by atoms with E-state index in [1.54, 1.807) is 17.0 Å².